The number of carboxylic acid groups (broad SMARTS) is 1. The van der Waals surface area contributed by atoms with Crippen molar-refractivity contribution in [3.8, 4) is 0 Å². The van der Waals surface area contributed by atoms with Crippen LogP contribution in [0.15, 0.2) is 12.1 Å². The molecule has 0 aromatic carbocycles. The molecule has 0 bridgehead atoms. The highest BCUT2D eigenvalue weighted by Crippen LogP contribution is 2.30. The van der Waals surface area contributed by atoms with Gasteiger partial charge < -0.3 is 10.0 Å². The quantitative estimate of drug-likeness (QED) is 0.662. The first kappa shape index (κ1) is 14.9. The number of aryl methyl sites for hydroxylation is 1. The fraction of sp³-hybridized carbons (Fsp3) is 0.500. The van der Waals surface area contributed by atoms with Crippen LogP contribution in [-0.2, 0) is 4.79 Å². The number of aliphatic carboxylic acids is 1. The summed E-state index contributed by atoms with van der Waals surface area (Å²) >= 11 is 0. The van der Waals surface area contributed by atoms with Crippen LogP contribution in [0.3, 0.4) is 0 Å². The van der Waals surface area contributed by atoms with Crippen molar-refractivity contribution in [2.24, 2.45) is 0 Å². The molecule has 0 aliphatic rings. The van der Waals surface area contributed by atoms with E-state index in [4.69, 9.17) is 5.11 Å². The zero-order valence-electron chi connectivity index (χ0n) is 11.4. The van der Waals surface area contributed by atoms with E-state index in [-0.39, 0.29) is 18.1 Å². The predicted octanol–water partition coefficient (Wildman–Crippen LogP) is 1.99. The molecule has 0 amide bonds. The van der Waals surface area contributed by atoms with Crippen LogP contribution >= 0.6 is 0 Å². The van der Waals surface area contributed by atoms with Gasteiger partial charge in [0.15, 0.2) is 0 Å². The topological polar surface area (TPSA) is 96.6 Å². The Bertz CT molecular complexity index is 508. The zero-order chi connectivity index (χ0) is 14.8. The Hall–Kier alpha value is -2.18. The third-order valence-corrected chi connectivity index (χ3v) is 2.55. The molecule has 7 nitrogen and oxygen atoms in total. The van der Waals surface area contributed by atoms with E-state index in [1.165, 1.54) is 17.0 Å². The molecule has 1 rings (SSSR count). The number of aromatic nitrogens is 1. The highest BCUT2D eigenvalue weighted by molar-refractivity contribution is 5.75. The molecule has 7 heteroatoms. The van der Waals surface area contributed by atoms with E-state index < -0.39 is 16.4 Å². The Labute approximate surface area is 111 Å². The second-order valence-electron chi connectivity index (χ2n) is 5.20. The van der Waals surface area contributed by atoms with Crippen LogP contribution in [-0.4, -0.2) is 33.1 Å². The lowest BCUT2D eigenvalue weighted by molar-refractivity contribution is -0.384. The summed E-state index contributed by atoms with van der Waals surface area (Å²) in [5, 5.41) is 20.0. The first-order chi connectivity index (χ1) is 8.62. The molecule has 0 atom stereocenters. The van der Waals surface area contributed by atoms with Crippen LogP contribution in [0.1, 0.15) is 26.5 Å². The van der Waals surface area contributed by atoms with E-state index in [0.29, 0.717) is 5.69 Å². The van der Waals surface area contributed by atoms with Gasteiger partial charge in [-0.15, -0.1) is 0 Å². The highest BCUT2D eigenvalue weighted by atomic mass is 16.6. The molecule has 1 aromatic rings. The molecule has 1 aromatic heterocycles. The minimum Gasteiger partial charge on any atom is -0.480 e. The summed E-state index contributed by atoms with van der Waals surface area (Å²) in [5.41, 5.74) is -0.189. The van der Waals surface area contributed by atoms with Crippen molar-refractivity contribution in [2.45, 2.75) is 33.2 Å². The molecule has 1 heterocycles. The van der Waals surface area contributed by atoms with Gasteiger partial charge in [-0.25, -0.2) is 4.98 Å². The van der Waals surface area contributed by atoms with Gasteiger partial charge in [0.1, 0.15) is 6.54 Å². The SMILES string of the molecule is Cc1ccc([N+](=O)[O-])c(N(CC(=O)O)C(C)(C)C)n1. The van der Waals surface area contributed by atoms with Gasteiger partial charge in [-0.3, -0.25) is 14.9 Å². The maximum absolute atomic E-state index is 11.0. The summed E-state index contributed by atoms with van der Waals surface area (Å²) in [4.78, 5) is 27.0. The summed E-state index contributed by atoms with van der Waals surface area (Å²) in [6.45, 7) is 6.70. The summed E-state index contributed by atoms with van der Waals surface area (Å²) in [7, 11) is 0. The van der Waals surface area contributed by atoms with Crippen LogP contribution in [0, 0.1) is 17.0 Å². The van der Waals surface area contributed by atoms with E-state index in [1.807, 2.05) is 0 Å². The summed E-state index contributed by atoms with van der Waals surface area (Å²) in [6.07, 6.45) is 0. The van der Waals surface area contributed by atoms with Crippen molar-refractivity contribution >= 4 is 17.5 Å². The third kappa shape index (κ3) is 3.64. The first-order valence-electron chi connectivity index (χ1n) is 5.74. The van der Waals surface area contributed by atoms with Crippen molar-refractivity contribution in [1.29, 1.82) is 0 Å². The van der Waals surface area contributed by atoms with Crippen LogP contribution in [0.2, 0.25) is 0 Å². The lowest BCUT2D eigenvalue weighted by Crippen LogP contribution is -2.45. The van der Waals surface area contributed by atoms with Crippen LogP contribution in [0.25, 0.3) is 0 Å². The molecule has 0 fully saturated rings. The number of pyridine rings is 1. The monoisotopic (exact) mass is 267 g/mol. The number of rotatable bonds is 4. The van der Waals surface area contributed by atoms with Gasteiger partial charge in [0.2, 0.25) is 5.82 Å². The maximum atomic E-state index is 11.0. The predicted molar refractivity (Wildman–Crippen MR) is 70.4 cm³/mol. The molecule has 0 radical (unpaired) electrons. The lowest BCUT2D eigenvalue weighted by atomic mass is 10.1. The van der Waals surface area contributed by atoms with Gasteiger partial charge in [0.25, 0.3) is 0 Å². The Morgan fingerprint density at radius 3 is 2.47 bits per heavy atom. The molecular formula is C12H17N3O4. The Kier molecular flexibility index (Phi) is 4.08. The normalized spacial score (nSPS) is 11.2. The molecule has 0 spiro atoms. The second-order valence-corrected chi connectivity index (χ2v) is 5.20. The summed E-state index contributed by atoms with van der Waals surface area (Å²) in [6, 6.07) is 2.88. The molecular weight excluding hydrogens is 250 g/mol. The average molecular weight is 267 g/mol. The minimum atomic E-state index is -1.06. The van der Waals surface area contributed by atoms with Crippen LogP contribution in [0.4, 0.5) is 11.5 Å². The second kappa shape index (κ2) is 5.21. The van der Waals surface area contributed by atoms with E-state index >= 15 is 0 Å². The van der Waals surface area contributed by atoms with Crippen molar-refractivity contribution in [3.63, 3.8) is 0 Å². The van der Waals surface area contributed by atoms with Crippen LogP contribution in [0.5, 0.6) is 0 Å². The van der Waals surface area contributed by atoms with Gasteiger partial charge in [0, 0.05) is 17.3 Å². The minimum absolute atomic E-state index is 0.0832. The number of anilines is 1. The molecule has 19 heavy (non-hydrogen) atoms. The third-order valence-electron chi connectivity index (χ3n) is 2.55. The van der Waals surface area contributed by atoms with E-state index in [1.54, 1.807) is 27.7 Å². The highest BCUT2D eigenvalue weighted by Gasteiger charge is 2.31. The van der Waals surface area contributed by atoms with Gasteiger partial charge in [-0.1, -0.05) is 0 Å². The van der Waals surface area contributed by atoms with Crippen molar-refractivity contribution < 1.29 is 14.8 Å². The number of nitrogens with zero attached hydrogens (tertiary/aromatic N) is 3. The standard InChI is InChI=1S/C12H17N3O4/c1-8-5-6-9(15(18)19)11(13-8)14(7-10(16)17)12(2,3)4/h5-6H,7H2,1-4H3,(H,16,17). The van der Waals surface area contributed by atoms with Crippen molar-refractivity contribution in [3.05, 3.63) is 27.9 Å². The fourth-order valence-electron chi connectivity index (χ4n) is 1.64. The van der Waals surface area contributed by atoms with E-state index in [0.717, 1.165) is 0 Å². The largest absolute Gasteiger partial charge is 0.480 e. The summed E-state index contributed by atoms with van der Waals surface area (Å²) < 4.78 is 0. The summed E-state index contributed by atoms with van der Waals surface area (Å²) in [5.74, 6) is -0.979. The zero-order valence-corrected chi connectivity index (χ0v) is 11.4. The lowest BCUT2D eigenvalue weighted by Gasteiger charge is -2.35. The van der Waals surface area contributed by atoms with Gasteiger partial charge in [-0.2, -0.15) is 0 Å². The average Bonchev–Trinajstić information content (AvgIpc) is 2.23. The number of hydrogen-bond donors (Lipinski definition) is 1. The van der Waals surface area contributed by atoms with Crippen LogP contribution < -0.4 is 4.90 Å². The molecule has 0 saturated carbocycles. The number of carboxylic acids is 1. The molecule has 0 aliphatic carbocycles. The van der Waals surface area contributed by atoms with E-state index in [9.17, 15) is 14.9 Å². The number of carbonyl (C=O) groups is 1. The van der Waals surface area contributed by atoms with Gasteiger partial charge >= 0.3 is 11.7 Å². The van der Waals surface area contributed by atoms with Crippen molar-refractivity contribution in [2.75, 3.05) is 11.4 Å². The molecule has 0 unspecified atom stereocenters. The Morgan fingerprint density at radius 2 is 2.05 bits per heavy atom. The number of nitro groups is 1. The number of hydrogen-bond acceptors (Lipinski definition) is 5. The maximum Gasteiger partial charge on any atom is 0.323 e. The first-order valence-corrected chi connectivity index (χ1v) is 5.74. The molecule has 0 aliphatic heterocycles. The van der Waals surface area contributed by atoms with Gasteiger partial charge in [-0.05, 0) is 33.8 Å². The van der Waals surface area contributed by atoms with Crippen molar-refractivity contribution in [1.82, 2.24) is 4.98 Å². The molecule has 104 valence electrons. The Morgan fingerprint density at radius 1 is 1.47 bits per heavy atom. The Balaban J connectivity index is 3.40. The molecule has 0 saturated heterocycles. The van der Waals surface area contributed by atoms with E-state index in [2.05, 4.69) is 4.98 Å². The van der Waals surface area contributed by atoms with Gasteiger partial charge in [0.05, 0.1) is 4.92 Å². The fourth-order valence-corrected chi connectivity index (χ4v) is 1.64. The molecule has 1 N–H and O–H groups in total. The smallest absolute Gasteiger partial charge is 0.323 e.